The molecule has 6 nitrogen and oxygen atoms in total. The Morgan fingerprint density at radius 3 is 2.00 bits per heavy atom. The van der Waals surface area contributed by atoms with Crippen molar-refractivity contribution < 1.29 is 30.3 Å². The van der Waals surface area contributed by atoms with E-state index in [0.717, 1.165) is 13.8 Å². The largest absolute Gasteiger partial charge is 0.394 e. The summed E-state index contributed by atoms with van der Waals surface area (Å²) < 4.78 is 0. The molecule has 0 spiro atoms. The molecule has 0 unspecified atom stereocenters. The van der Waals surface area contributed by atoms with E-state index < -0.39 is 30.0 Å². The number of aliphatic hydroxyl groups is 5. The Balaban J connectivity index is 4.85. The third-order valence-electron chi connectivity index (χ3n) is 2.38. The van der Waals surface area contributed by atoms with Crippen LogP contribution in [0.5, 0.6) is 0 Å². The molecule has 0 aliphatic heterocycles. The van der Waals surface area contributed by atoms with Gasteiger partial charge in [0.25, 0.3) is 0 Å². The van der Waals surface area contributed by atoms with Gasteiger partial charge in [0.05, 0.1) is 6.61 Å². The van der Waals surface area contributed by atoms with Crippen LogP contribution in [0.2, 0.25) is 0 Å². The summed E-state index contributed by atoms with van der Waals surface area (Å²) in [5, 5.41) is 45.9. The van der Waals surface area contributed by atoms with Crippen molar-refractivity contribution in [3.05, 3.63) is 0 Å². The van der Waals surface area contributed by atoms with E-state index >= 15 is 0 Å². The minimum atomic E-state index is -2.24. The van der Waals surface area contributed by atoms with Crippen molar-refractivity contribution in [2.75, 3.05) is 6.61 Å². The molecule has 0 rings (SSSR count). The zero-order chi connectivity index (χ0) is 11.6. The fraction of sp³-hybridized carbons (Fsp3) is 0.875. The molecule has 14 heavy (non-hydrogen) atoms. The molecule has 0 aliphatic carbocycles. The predicted octanol–water partition coefficient (Wildman–Crippen LogP) is -2.60. The Morgan fingerprint density at radius 2 is 1.71 bits per heavy atom. The Kier molecular flexibility index (Phi) is 4.16. The molecule has 84 valence electrons. The summed E-state index contributed by atoms with van der Waals surface area (Å²) >= 11 is 0. The standard InChI is InChI=1S/C8H16O6/c1-7(13,4-10)8(2,14)6(12)5(11)3-9/h4-6,9,11-14H,3H2,1-2H3/t5-,6-,7+,8+/m1/s1. The first-order valence-corrected chi connectivity index (χ1v) is 4.08. The molecule has 0 saturated heterocycles. The van der Waals surface area contributed by atoms with Crippen LogP contribution in [-0.2, 0) is 4.79 Å². The zero-order valence-electron chi connectivity index (χ0n) is 8.08. The first kappa shape index (κ1) is 13.5. The lowest BCUT2D eigenvalue weighted by Crippen LogP contribution is -2.62. The Hall–Kier alpha value is -0.530. The molecule has 0 heterocycles. The zero-order valence-corrected chi connectivity index (χ0v) is 8.08. The van der Waals surface area contributed by atoms with Gasteiger partial charge in [-0.2, -0.15) is 0 Å². The van der Waals surface area contributed by atoms with Gasteiger partial charge in [0.15, 0.2) is 6.29 Å². The topological polar surface area (TPSA) is 118 Å². The highest BCUT2D eigenvalue weighted by molar-refractivity contribution is 5.64. The molecular weight excluding hydrogens is 192 g/mol. The van der Waals surface area contributed by atoms with E-state index in [1.54, 1.807) is 0 Å². The van der Waals surface area contributed by atoms with Crippen LogP contribution in [0.3, 0.4) is 0 Å². The van der Waals surface area contributed by atoms with Gasteiger partial charge in [-0.25, -0.2) is 0 Å². The third-order valence-corrected chi connectivity index (χ3v) is 2.38. The van der Waals surface area contributed by atoms with Crippen molar-refractivity contribution in [1.82, 2.24) is 0 Å². The maximum atomic E-state index is 10.4. The highest BCUT2D eigenvalue weighted by atomic mass is 16.4. The molecular formula is C8H16O6. The van der Waals surface area contributed by atoms with Crippen LogP contribution < -0.4 is 0 Å². The van der Waals surface area contributed by atoms with Crippen LogP contribution in [0.1, 0.15) is 13.8 Å². The normalized spacial score (nSPS) is 24.5. The highest BCUT2D eigenvalue weighted by Crippen LogP contribution is 2.25. The van der Waals surface area contributed by atoms with Gasteiger partial charge in [0.2, 0.25) is 0 Å². The van der Waals surface area contributed by atoms with E-state index in [1.807, 2.05) is 0 Å². The molecule has 0 aromatic carbocycles. The van der Waals surface area contributed by atoms with Crippen molar-refractivity contribution >= 4 is 6.29 Å². The number of aliphatic hydroxyl groups excluding tert-OH is 3. The van der Waals surface area contributed by atoms with Crippen molar-refractivity contribution in [2.45, 2.75) is 37.3 Å². The molecule has 6 heteroatoms. The van der Waals surface area contributed by atoms with E-state index in [0.29, 0.717) is 0 Å². The van der Waals surface area contributed by atoms with E-state index in [2.05, 4.69) is 0 Å². The molecule has 0 saturated carbocycles. The SMILES string of the molecule is C[C@](O)(C=O)[C@@](C)(O)[C@H](O)[C@H](O)CO. The molecule has 0 aliphatic rings. The van der Waals surface area contributed by atoms with Crippen LogP contribution >= 0.6 is 0 Å². The van der Waals surface area contributed by atoms with Gasteiger partial charge < -0.3 is 30.3 Å². The molecule has 0 radical (unpaired) electrons. The maximum absolute atomic E-state index is 10.4. The summed E-state index contributed by atoms with van der Waals surface area (Å²) in [6.07, 6.45) is -3.40. The average molecular weight is 208 g/mol. The second-order valence-corrected chi connectivity index (χ2v) is 3.61. The summed E-state index contributed by atoms with van der Waals surface area (Å²) in [6, 6.07) is 0. The van der Waals surface area contributed by atoms with Gasteiger partial charge in [-0.3, -0.25) is 0 Å². The molecule has 0 amide bonds. The highest BCUT2D eigenvalue weighted by Gasteiger charge is 2.49. The first-order chi connectivity index (χ1) is 6.20. The number of carbonyl (C=O) groups is 1. The van der Waals surface area contributed by atoms with Gasteiger partial charge in [-0.1, -0.05) is 0 Å². The molecule has 0 aromatic rings. The van der Waals surface area contributed by atoms with Crippen LogP contribution in [0.15, 0.2) is 0 Å². The third kappa shape index (κ3) is 2.28. The number of hydrogen-bond donors (Lipinski definition) is 5. The van der Waals surface area contributed by atoms with Gasteiger partial charge >= 0.3 is 0 Å². The Morgan fingerprint density at radius 1 is 1.29 bits per heavy atom. The van der Waals surface area contributed by atoms with Gasteiger partial charge in [0.1, 0.15) is 23.4 Å². The van der Waals surface area contributed by atoms with E-state index in [9.17, 15) is 20.1 Å². The van der Waals surface area contributed by atoms with Crippen LogP contribution in [0.4, 0.5) is 0 Å². The Labute approximate surface area is 81.4 Å². The smallest absolute Gasteiger partial charge is 0.154 e. The number of carbonyl (C=O) groups excluding carboxylic acids is 1. The first-order valence-electron chi connectivity index (χ1n) is 4.08. The fourth-order valence-corrected chi connectivity index (χ4v) is 0.893. The second-order valence-electron chi connectivity index (χ2n) is 3.61. The average Bonchev–Trinajstić information content (AvgIpc) is 2.14. The Bertz CT molecular complexity index is 200. The summed E-state index contributed by atoms with van der Waals surface area (Å²) in [4.78, 5) is 10.4. The lowest BCUT2D eigenvalue weighted by atomic mass is 9.80. The van der Waals surface area contributed by atoms with Crippen molar-refractivity contribution in [2.24, 2.45) is 0 Å². The molecule has 4 atom stereocenters. The number of hydrogen-bond acceptors (Lipinski definition) is 6. The van der Waals surface area contributed by atoms with E-state index in [4.69, 9.17) is 10.2 Å². The van der Waals surface area contributed by atoms with E-state index in [-0.39, 0.29) is 6.29 Å². The lowest BCUT2D eigenvalue weighted by molar-refractivity contribution is -0.204. The van der Waals surface area contributed by atoms with Crippen molar-refractivity contribution in [1.29, 1.82) is 0 Å². The lowest BCUT2D eigenvalue weighted by Gasteiger charge is -2.39. The second kappa shape index (κ2) is 4.33. The molecule has 5 N–H and O–H groups in total. The number of rotatable bonds is 5. The van der Waals surface area contributed by atoms with Crippen LogP contribution in [0.25, 0.3) is 0 Å². The van der Waals surface area contributed by atoms with Crippen LogP contribution in [0, 0.1) is 0 Å². The molecule has 0 fully saturated rings. The summed E-state index contributed by atoms with van der Waals surface area (Å²) in [6.45, 7) is 1.20. The monoisotopic (exact) mass is 208 g/mol. The summed E-state index contributed by atoms with van der Waals surface area (Å²) in [5.74, 6) is 0. The van der Waals surface area contributed by atoms with Crippen molar-refractivity contribution in [3.63, 3.8) is 0 Å². The predicted molar refractivity (Wildman–Crippen MR) is 46.4 cm³/mol. The molecule has 0 bridgehead atoms. The minimum absolute atomic E-state index is 0.0559. The minimum Gasteiger partial charge on any atom is -0.394 e. The quantitative estimate of drug-likeness (QED) is 0.316. The van der Waals surface area contributed by atoms with Crippen molar-refractivity contribution in [3.8, 4) is 0 Å². The van der Waals surface area contributed by atoms with Gasteiger partial charge in [0, 0.05) is 0 Å². The van der Waals surface area contributed by atoms with Gasteiger partial charge in [-0.05, 0) is 13.8 Å². The maximum Gasteiger partial charge on any atom is 0.154 e. The summed E-state index contributed by atoms with van der Waals surface area (Å²) in [5.41, 5.74) is -4.44. The fourth-order valence-electron chi connectivity index (χ4n) is 0.893. The summed E-state index contributed by atoms with van der Waals surface area (Å²) in [7, 11) is 0. The number of aldehydes is 1. The van der Waals surface area contributed by atoms with E-state index in [1.165, 1.54) is 0 Å². The van der Waals surface area contributed by atoms with Gasteiger partial charge in [-0.15, -0.1) is 0 Å². The molecule has 0 aromatic heterocycles. The van der Waals surface area contributed by atoms with Crippen LogP contribution in [-0.4, -0.2) is 61.8 Å².